The molecule has 2 bridgehead atoms. The smallest absolute Gasteiger partial charge is 0.232 e. The van der Waals surface area contributed by atoms with Crippen molar-refractivity contribution in [2.75, 3.05) is 12.3 Å². The summed E-state index contributed by atoms with van der Waals surface area (Å²) in [6.07, 6.45) is 5.49. The molecule has 3 saturated carbocycles. The van der Waals surface area contributed by atoms with E-state index < -0.39 is 21.3 Å². The number of Topliss-reactive ketones (excluding diaryl/α,β-unsaturated/α-hetero) is 1. The normalized spacial score (nSPS) is 32.8. The summed E-state index contributed by atoms with van der Waals surface area (Å²) in [5.41, 5.74) is 4.21. The molecule has 0 aromatic heterocycles. The van der Waals surface area contributed by atoms with Gasteiger partial charge < -0.3 is 5.73 Å². The summed E-state index contributed by atoms with van der Waals surface area (Å²) < 4.78 is 27.7. The summed E-state index contributed by atoms with van der Waals surface area (Å²) >= 11 is 0. The molecular weight excluding hydrogens is 328 g/mol. The van der Waals surface area contributed by atoms with Crippen LogP contribution in [-0.2, 0) is 19.6 Å². The fourth-order valence-electron chi connectivity index (χ4n) is 5.30. The average Bonchev–Trinajstić information content (AvgIpc) is 3.10. The molecule has 24 heavy (non-hydrogen) atoms. The maximum absolute atomic E-state index is 13.2. The first-order valence-corrected chi connectivity index (χ1v) is 10.5. The minimum absolute atomic E-state index is 0.0813. The number of sulfonamides is 1. The van der Waals surface area contributed by atoms with E-state index in [1.807, 2.05) is 13.8 Å². The number of rotatable bonds is 6. The zero-order valence-corrected chi connectivity index (χ0v) is 15.4. The molecule has 0 saturated heterocycles. The zero-order valence-electron chi connectivity index (χ0n) is 14.6. The van der Waals surface area contributed by atoms with E-state index in [1.165, 1.54) is 4.31 Å². The highest BCUT2D eigenvalue weighted by Gasteiger charge is 2.65. The maximum Gasteiger partial charge on any atom is 0.232 e. The van der Waals surface area contributed by atoms with Crippen LogP contribution in [0.2, 0.25) is 0 Å². The van der Waals surface area contributed by atoms with E-state index in [4.69, 9.17) is 5.73 Å². The molecular formula is C17H28N2O4S. The molecule has 2 N–H and O–H groups in total. The summed E-state index contributed by atoms with van der Waals surface area (Å²) in [5.74, 6) is -0.454. The van der Waals surface area contributed by atoms with Crippen molar-refractivity contribution in [2.24, 2.45) is 22.5 Å². The van der Waals surface area contributed by atoms with E-state index in [0.717, 1.165) is 32.1 Å². The molecule has 0 aliphatic heterocycles. The molecule has 2 unspecified atom stereocenters. The number of amides is 1. The van der Waals surface area contributed by atoms with E-state index in [1.54, 1.807) is 0 Å². The molecule has 0 heterocycles. The molecule has 3 fully saturated rings. The highest BCUT2D eigenvalue weighted by Crippen LogP contribution is 2.64. The Morgan fingerprint density at radius 3 is 2.33 bits per heavy atom. The third kappa shape index (κ3) is 2.60. The van der Waals surface area contributed by atoms with Crippen LogP contribution in [0.15, 0.2) is 0 Å². The van der Waals surface area contributed by atoms with Crippen LogP contribution in [0.25, 0.3) is 0 Å². The van der Waals surface area contributed by atoms with Gasteiger partial charge in [-0.1, -0.05) is 26.7 Å². The molecule has 3 aliphatic rings. The van der Waals surface area contributed by atoms with E-state index in [0.29, 0.717) is 12.8 Å². The number of hydrogen-bond donors (Lipinski definition) is 1. The molecule has 0 aromatic carbocycles. The van der Waals surface area contributed by atoms with E-state index >= 15 is 0 Å². The Morgan fingerprint density at radius 2 is 1.88 bits per heavy atom. The van der Waals surface area contributed by atoms with Crippen molar-refractivity contribution in [1.82, 2.24) is 4.31 Å². The largest absolute Gasteiger partial charge is 0.369 e. The van der Waals surface area contributed by atoms with Gasteiger partial charge in [-0.25, -0.2) is 8.42 Å². The number of carbonyl (C=O) groups is 2. The Morgan fingerprint density at radius 1 is 1.25 bits per heavy atom. The predicted molar refractivity (Wildman–Crippen MR) is 90.5 cm³/mol. The lowest BCUT2D eigenvalue weighted by molar-refractivity contribution is -0.128. The van der Waals surface area contributed by atoms with Gasteiger partial charge in [0.25, 0.3) is 0 Å². The number of carbonyl (C=O) groups excluding carboxylic acids is 2. The molecule has 0 aromatic rings. The summed E-state index contributed by atoms with van der Waals surface area (Å²) in [4.78, 5) is 24.1. The zero-order chi connectivity index (χ0) is 17.8. The van der Waals surface area contributed by atoms with Gasteiger partial charge in [0.05, 0.1) is 12.3 Å². The van der Waals surface area contributed by atoms with Crippen molar-refractivity contribution in [3.8, 4) is 0 Å². The van der Waals surface area contributed by atoms with Crippen LogP contribution >= 0.6 is 0 Å². The first kappa shape index (κ1) is 17.9. The lowest BCUT2D eigenvalue weighted by Gasteiger charge is -2.38. The molecule has 7 heteroatoms. The van der Waals surface area contributed by atoms with Crippen molar-refractivity contribution in [2.45, 2.75) is 64.8 Å². The number of nitrogens with two attached hydrogens (primary N) is 1. The summed E-state index contributed by atoms with van der Waals surface area (Å²) in [5, 5.41) is 0. The third-order valence-electron chi connectivity index (χ3n) is 6.97. The van der Waals surface area contributed by atoms with Gasteiger partial charge in [0.1, 0.15) is 5.78 Å². The molecule has 6 nitrogen and oxygen atoms in total. The van der Waals surface area contributed by atoms with E-state index in [9.17, 15) is 18.0 Å². The number of nitrogens with zero attached hydrogens (tertiary/aromatic N) is 1. The van der Waals surface area contributed by atoms with Crippen molar-refractivity contribution in [3.63, 3.8) is 0 Å². The van der Waals surface area contributed by atoms with Crippen LogP contribution < -0.4 is 5.73 Å². The Hall–Kier alpha value is -0.950. The highest BCUT2D eigenvalue weighted by atomic mass is 32.2. The van der Waals surface area contributed by atoms with Crippen LogP contribution in [-0.4, -0.2) is 42.8 Å². The van der Waals surface area contributed by atoms with Crippen LogP contribution in [0.4, 0.5) is 0 Å². The van der Waals surface area contributed by atoms with Crippen LogP contribution in [0.1, 0.15) is 58.8 Å². The fraction of sp³-hybridized carbons (Fsp3) is 0.882. The van der Waals surface area contributed by atoms with Gasteiger partial charge in [0.15, 0.2) is 0 Å². The highest BCUT2D eigenvalue weighted by molar-refractivity contribution is 7.89. The van der Waals surface area contributed by atoms with E-state index in [2.05, 4.69) is 0 Å². The average molecular weight is 356 g/mol. The predicted octanol–water partition coefficient (Wildman–Crippen LogP) is 1.44. The molecule has 2 atom stereocenters. The van der Waals surface area contributed by atoms with Crippen molar-refractivity contribution < 1.29 is 18.0 Å². The quantitative estimate of drug-likeness (QED) is 0.778. The Labute approximate surface area is 144 Å². The lowest BCUT2D eigenvalue weighted by atomic mass is 9.70. The first-order chi connectivity index (χ1) is 11.1. The van der Waals surface area contributed by atoms with E-state index in [-0.39, 0.29) is 35.5 Å². The fourth-order valence-corrected chi connectivity index (χ4v) is 7.76. The summed E-state index contributed by atoms with van der Waals surface area (Å²) in [6.45, 7) is 3.78. The van der Waals surface area contributed by atoms with Gasteiger partial charge in [-0.05, 0) is 37.0 Å². The van der Waals surface area contributed by atoms with Crippen molar-refractivity contribution >= 4 is 21.7 Å². The third-order valence-corrected chi connectivity index (χ3v) is 8.97. The van der Waals surface area contributed by atoms with Crippen LogP contribution in [0.3, 0.4) is 0 Å². The number of primary amides is 1. The summed E-state index contributed by atoms with van der Waals surface area (Å²) in [6, 6.07) is -0.157. The van der Waals surface area contributed by atoms with Gasteiger partial charge >= 0.3 is 0 Å². The van der Waals surface area contributed by atoms with Gasteiger partial charge in [-0.15, -0.1) is 0 Å². The summed E-state index contributed by atoms with van der Waals surface area (Å²) in [7, 11) is -3.72. The maximum atomic E-state index is 13.2. The molecule has 0 spiro atoms. The number of ketones is 1. The molecule has 3 aliphatic carbocycles. The minimum Gasteiger partial charge on any atom is -0.369 e. The second kappa shape index (κ2) is 5.80. The lowest BCUT2D eigenvalue weighted by Crippen LogP contribution is -2.50. The Bertz CT molecular complexity index is 652. The SMILES string of the molecule is CC1(C)C2CCC1(CS(=O)(=O)N(CC(N)=O)C1CCCC1)C(=O)C2. The first-order valence-electron chi connectivity index (χ1n) is 8.91. The van der Waals surface area contributed by atoms with Crippen LogP contribution in [0, 0.1) is 16.7 Å². The topological polar surface area (TPSA) is 97.5 Å². The molecule has 1 amide bonds. The minimum atomic E-state index is -3.72. The van der Waals surface area contributed by atoms with Gasteiger partial charge in [0.2, 0.25) is 15.9 Å². The molecule has 0 radical (unpaired) electrons. The Kier molecular flexibility index (Phi) is 4.31. The number of hydrogen-bond acceptors (Lipinski definition) is 4. The monoisotopic (exact) mass is 356 g/mol. The van der Waals surface area contributed by atoms with Gasteiger partial charge in [0, 0.05) is 17.9 Å². The van der Waals surface area contributed by atoms with Crippen molar-refractivity contribution in [1.29, 1.82) is 0 Å². The standard InChI is InChI=1S/C17H28N2O4S/c1-16(2)12-7-8-17(16,14(20)9-12)11-24(22,23)19(10-15(18)21)13-5-3-4-6-13/h12-13H,3-11H2,1-2H3,(H2,18,21). The van der Waals surface area contributed by atoms with Gasteiger partial charge in [-0.2, -0.15) is 4.31 Å². The van der Waals surface area contributed by atoms with Crippen molar-refractivity contribution in [3.05, 3.63) is 0 Å². The second-order valence-corrected chi connectivity index (χ2v) is 10.3. The molecule has 3 rings (SSSR count). The second-order valence-electron chi connectivity index (χ2n) is 8.37. The molecule has 136 valence electrons. The van der Waals surface area contributed by atoms with Crippen LogP contribution in [0.5, 0.6) is 0 Å². The van der Waals surface area contributed by atoms with Gasteiger partial charge in [-0.3, -0.25) is 9.59 Å². The Balaban J connectivity index is 1.91. The number of fused-ring (bicyclic) bond motifs is 2.